The fourth-order valence-electron chi connectivity index (χ4n) is 2.53. The molecule has 0 aromatic rings. The second kappa shape index (κ2) is 6.65. The number of hydrogen-bond acceptors (Lipinski definition) is 2. The van der Waals surface area contributed by atoms with E-state index in [1.165, 1.54) is 19.3 Å². The molecule has 0 aromatic heterocycles. The summed E-state index contributed by atoms with van der Waals surface area (Å²) in [5.41, 5.74) is 1.49. The van der Waals surface area contributed by atoms with Gasteiger partial charge in [-0.2, -0.15) is 0 Å². The Kier molecular flexibility index (Phi) is 6.88. The first-order valence-electron chi connectivity index (χ1n) is 6.02. The minimum absolute atomic E-state index is 0.0247. The van der Waals surface area contributed by atoms with Crippen LogP contribution in [0.25, 0.3) is 0 Å². The third-order valence-electron chi connectivity index (χ3n) is 5.07. The van der Waals surface area contributed by atoms with Crippen LogP contribution in [0, 0.1) is 16.2 Å². The molecule has 0 aliphatic heterocycles. The van der Waals surface area contributed by atoms with Crippen LogP contribution < -0.4 is 0 Å². The van der Waals surface area contributed by atoms with Crippen LogP contribution in [0.5, 0.6) is 0 Å². The van der Waals surface area contributed by atoms with Crippen molar-refractivity contribution in [3.05, 3.63) is 0 Å². The molecule has 0 saturated heterocycles. The Morgan fingerprint density at radius 2 is 1.18 bits per heavy atom. The van der Waals surface area contributed by atoms with Gasteiger partial charge in [0.2, 0.25) is 21.0 Å². The molecular formula is C12H24O2Si3. The zero-order chi connectivity index (χ0) is 13.7. The molecule has 0 spiro atoms. The third kappa shape index (κ3) is 4.31. The lowest BCUT2D eigenvalue weighted by Gasteiger charge is -2.56. The number of rotatable bonds is 2. The molecule has 0 heterocycles. The monoisotopic (exact) mass is 284 g/mol. The lowest BCUT2D eigenvalue weighted by molar-refractivity contribution is -0.0646. The van der Waals surface area contributed by atoms with Gasteiger partial charge in [-0.3, -0.25) is 0 Å². The second-order valence-corrected chi connectivity index (χ2v) is 8.33. The van der Waals surface area contributed by atoms with Gasteiger partial charge in [0.15, 0.2) is 0 Å². The molecule has 2 nitrogen and oxygen atoms in total. The molecule has 0 atom stereocenters. The fourth-order valence-corrected chi connectivity index (χ4v) is 3.08. The van der Waals surface area contributed by atoms with Crippen molar-refractivity contribution in [2.45, 2.75) is 60.8 Å². The Morgan fingerprint density at radius 3 is 1.35 bits per heavy atom. The van der Waals surface area contributed by atoms with E-state index in [1.54, 1.807) is 0 Å². The largest absolute Gasteiger partial charge is 0.435 e. The average Bonchev–Trinajstić information content (AvgIpc) is 2.17. The van der Waals surface area contributed by atoms with Gasteiger partial charge in [0.1, 0.15) is 0 Å². The summed E-state index contributed by atoms with van der Waals surface area (Å²) in [7, 11) is 5.44. The Hall–Kier alpha value is 0.571. The van der Waals surface area contributed by atoms with Crippen molar-refractivity contribution in [3.8, 4) is 0 Å². The van der Waals surface area contributed by atoms with E-state index in [0.29, 0.717) is 16.2 Å². The van der Waals surface area contributed by atoms with E-state index >= 15 is 0 Å². The van der Waals surface area contributed by atoms with Crippen molar-refractivity contribution in [2.24, 2.45) is 16.2 Å². The lowest BCUT2D eigenvalue weighted by atomic mass is 9.49. The molecule has 0 aromatic carbocycles. The quantitative estimate of drug-likeness (QED) is 0.726. The van der Waals surface area contributed by atoms with E-state index in [1.807, 2.05) is 0 Å². The summed E-state index contributed by atoms with van der Waals surface area (Å²) in [6, 6.07) is 0. The summed E-state index contributed by atoms with van der Waals surface area (Å²) >= 11 is 0. The molecule has 1 fully saturated rings. The normalized spacial score (nSPS) is 24.7. The van der Waals surface area contributed by atoms with Gasteiger partial charge in [0, 0.05) is 0 Å². The molecule has 1 rings (SSSR count). The standard InChI is InChI=1S/C12H24.O2Si3/c1-10(2)8-7-9-11(3,4)12(10,5)6;3-1-5-2-4/h7-9H2,1-6H3;. The Bertz CT molecular complexity index is 208. The van der Waals surface area contributed by atoms with Crippen LogP contribution in [0.4, 0.5) is 0 Å². The molecule has 1 saturated carbocycles. The molecular weight excluding hydrogens is 260 g/mol. The molecule has 8 radical (unpaired) electrons. The van der Waals surface area contributed by atoms with Crippen molar-refractivity contribution in [3.63, 3.8) is 0 Å². The highest BCUT2D eigenvalue weighted by Crippen LogP contribution is 2.59. The average molecular weight is 285 g/mol. The summed E-state index contributed by atoms with van der Waals surface area (Å²) < 4.78 is 8.51. The van der Waals surface area contributed by atoms with Crippen molar-refractivity contribution >= 4 is 31.0 Å². The Morgan fingerprint density at radius 1 is 0.824 bits per heavy atom. The summed E-state index contributed by atoms with van der Waals surface area (Å²) in [5.74, 6) is 0. The summed E-state index contributed by atoms with van der Waals surface area (Å²) in [6.45, 7) is 14.6. The van der Waals surface area contributed by atoms with E-state index in [0.717, 1.165) is 0 Å². The Labute approximate surface area is 116 Å². The van der Waals surface area contributed by atoms with E-state index < -0.39 is 0 Å². The maximum absolute atomic E-state index is 4.25. The number of hydrogen-bond donors (Lipinski definition) is 0. The van der Waals surface area contributed by atoms with Crippen molar-refractivity contribution in [1.29, 1.82) is 0 Å². The van der Waals surface area contributed by atoms with Gasteiger partial charge in [0.25, 0.3) is 0 Å². The third-order valence-corrected chi connectivity index (χ3v) is 5.74. The first-order chi connectivity index (χ1) is 7.62. The smallest absolute Gasteiger partial charge is 0.409 e. The van der Waals surface area contributed by atoms with E-state index in [9.17, 15) is 0 Å². The van der Waals surface area contributed by atoms with Crippen molar-refractivity contribution in [1.82, 2.24) is 0 Å². The molecule has 96 valence electrons. The van der Waals surface area contributed by atoms with Crippen LogP contribution in [-0.4, -0.2) is 31.0 Å². The molecule has 0 bridgehead atoms. The van der Waals surface area contributed by atoms with Crippen LogP contribution in [0.15, 0.2) is 0 Å². The zero-order valence-electron chi connectivity index (χ0n) is 11.9. The second-order valence-electron chi connectivity index (χ2n) is 6.53. The van der Waals surface area contributed by atoms with Gasteiger partial charge in [-0.15, -0.1) is 0 Å². The summed E-state index contributed by atoms with van der Waals surface area (Å²) in [4.78, 5) is 0. The molecule has 0 unspecified atom stereocenters. The first kappa shape index (κ1) is 17.6. The van der Waals surface area contributed by atoms with Gasteiger partial charge in [-0.05, 0) is 29.1 Å². The maximum Gasteiger partial charge on any atom is 0.409 e. The van der Waals surface area contributed by atoms with Crippen molar-refractivity contribution < 1.29 is 8.23 Å². The van der Waals surface area contributed by atoms with Gasteiger partial charge >= 0.3 is 10.0 Å². The van der Waals surface area contributed by atoms with Crippen LogP contribution in [-0.2, 0) is 8.23 Å². The zero-order valence-corrected chi connectivity index (χ0v) is 14.9. The lowest BCUT2D eigenvalue weighted by Crippen LogP contribution is -2.47. The van der Waals surface area contributed by atoms with Crippen LogP contribution >= 0.6 is 0 Å². The highest BCUT2D eigenvalue weighted by molar-refractivity contribution is 6.33. The predicted octanol–water partition coefficient (Wildman–Crippen LogP) is 2.97. The van der Waals surface area contributed by atoms with Crippen LogP contribution in [0.1, 0.15) is 60.8 Å². The molecule has 1 aliphatic carbocycles. The summed E-state index contributed by atoms with van der Waals surface area (Å²) in [6.07, 6.45) is 4.19. The summed E-state index contributed by atoms with van der Waals surface area (Å²) in [5, 5.41) is 0. The maximum atomic E-state index is 4.25. The van der Waals surface area contributed by atoms with Crippen LogP contribution in [0.2, 0.25) is 0 Å². The fraction of sp³-hybridized carbons (Fsp3) is 1.00. The van der Waals surface area contributed by atoms with Gasteiger partial charge in [0.05, 0.1) is 0 Å². The van der Waals surface area contributed by atoms with E-state index in [2.05, 4.69) is 70.7 Å². The first-order valence-corrected chi connectivity index (χ1v) is 7.66. The highest BCUT2D eigenvalue weighted by atomic mass is 28.3. The van der Waals surface area contributed by atoms with Crippen LogP contribution in [0.3, 0.4) is 0 Å². The SMILES string of the molecule is CC1(C)CCCC(C)(C)C1(C)C.[Si]O[Si]O[Si]. The van der Waals surface area contributed by atoms with E-state index in [-0.39, 0.29) is 10.0 Å². The van der Waals surface area contributed by atoms with Gasteiger partial charge in [-0.1, -0.05) is 48.0 Å². The molecule has 1 aliphatic rings. The van der Waals surface area contributed by atoms with Gasteiger partial charge in [-0.25, -0.2) is 0 Å². The molecule has 0 N–H and O–H groups in total. The topological polar surface area (TPSA) is 18.5 Å². The molecule has 17 heavy (non-hydrogen) atoms. The van der Waals surface area contributed by atoms with Crippen molar-refractivity contribution in [2.75, 3.05) is 0 Å². The predicted molar refractivity (Wildman–Crippen MR) is 74.6 cm³/mol. The molecule has 0 amide bonds. The highest BCUT2D eigenvalue weighted by Gasteiger charge is 2.49. The molecule has 5 heteroatoms. The van der Waals surface area contributed by atoms with Gasteiger partial charge < -0.3 is 8.23 Å². The minimum Gasteiger partial charge on any atom is -0.435 e. The Balaban J connectivity index is 0.000000437. The minimum atomic E-state index is 0.0247. The van der Waals surface area contributed by atoms with E-state index in [4.69, 9.17) is 0 Å².